The third kappa shape index (κ3) is 2.16. The normalized spacial score (nSPS) is 11.3. The first-order valence-corrected chi connectivity index (χ1v) is 5.68. The minimum atomic E-state index is -0.897. The van der Waals surface area contributed by atoms with Crippen molar-refractivity contribution in [3.63, 3.8) is 0 Å². The van der Waals surface area contributed by atoms with Gasteiger partial charge in [-0.3, -0.25) is 4.68 Å². The van der Waals surface area contributed by atoms with Gasteiger partial charge in [0, 0.05) is 12.4 Å². The quantitative estimate of drug-likeness (QED) is 0.884. The molecular weight excluding hydrogens is 216 g/mol. The van der Waals surface area contributed by atoms with E-state index in [1.54, 1.807) is 16.8 Å². The van der Waals surface area contributed by atoms with Gasteiger partial charge in [0.05, 0.1) is 16.8 Å². The Morgan fingerprint density at radius 3 is 2.76 bits per heavy atom. The Bertz CT molecular complexity index is 570. The van der Waals surface area contributed by atoms with E-state index in [1.807, 2.05) is 13.1 Å². The molecule has 2 aromatic rings. The highest BCUT2D eigenvalue weighted by molar-refractivity contribution is 5.94. The van der Waals surface area contributed by atoms with Crippen LogP contribution in [0.25, 0.3) is 10.9 Å². The summed E-state index contributed by atoms with van der Waals surface area (Å²) >= 11 is 0. The zero-order valence-electron chi connectivity index (χ0n) is 10.3. The van der Waals surface area contributed by atoms with Gasteiger partial charge >= 0.3 is 5.97 Å². The Hall–Kier alpha value is -1.84. The minimum Gasteiger partial charge on any atom is -0.478 e. The van der Waals surface area contributed by atoms with E-state index in [0.717, 1.165) is 23.0 Å². The molecule has 0 amide bonds. The first kappa shape index (κ1) is 11.6. The van der Waals surface area contributed by atoms with Crippen LogP contribution in [-0.4, -0.2) is 20.9 Å². The molecule has 0 unspecified atom stereocenters. The summed E-state index contributed by atoms with van der Waals surface area (Å²) in [6.07, 6.45) is 0.862. The van der Waals surface area contributed by atoms with Crippen LogP contribution in [0, 0.1) is 5.92 Å². The van der Waals surface area contributed by atoms with Crippen LogP contribution in [0.3, 0.4) is 0 Å². The lowest BCUT2D eigenvalue weighted by Crippen LogP contribution is -1.97. The van der Waals surface area contributed by atoms with Crippen molar-refractivity contribution in [2.45, 2.75) is 20.3 Å². The van der Waals surface area contributed by atoms with E-state index < -0.39 is 5.97 Å². The molecule has 0 aliphatic carbocycles. The molecule has 0 aliphatic rings. The summed E-state index contributed by atoms with van der Waals surface area (Å²) in [5, 5.41) is 14.4. The molecule has 17 heavy (non-hydrogen) atoms. The molecule has 0 spiro atoms. The van der Waals surface area contributed by atoms with E-state index in [0.29, 0.717) is 11.5 Å². The van der Waals surface area contributed by atoms with Gasteiger partial charge in [0.1, 0.15) is 0 Å². The zero-order chi connectivity index (χ0) is 12.6. The number of carboxylic acid groups (broad SMARTS) is 1. The number of hydrogen-bond acceptors (Lipinski definition) is 2. The predicted molar refractivity (Wildman–Crippen MR) is 66.2 cm³/mol. The van der Waals surface area contributed by atoms with Gasteiger partial charge in [0.2, 0.25) is 0 Å². The Kier molecular flexibility index (Phi) is 2.88. The van der Waals surface area contributed by atoms with Gasteiger partial charge in [-0.1, -0.05) is 13.8 Å². The van der Waals surface area contributed by atoms with Crippen molar-refractivity contribution < 1.29 is 9.90 Å². The number of carboxylic acids is 1. The second-order valence-corrected chi connectivity index (χ2v) is 4.71. The molecular formula is C13H16N2O2. The summed E-state index contributed by atoms with van der Waals surface area (Å²) in [7, 11) is 1.88. The number of nitrogens with zero attached hydrogens (tertiary/aromatic N) is 2. The van der Waals surface area contributed by atoms with E-state index >= 15 is 0 Å². The van der Waals surface area contributed by atoms with Crippen LogP contribution in [0.15, 0.2) is 18.2 Å². The Morgan fingerprint density at radius 1 is 1.47 bits per heavy atom. The average molecular weight is 232 g/mol. The summed E-state index contributed by atoms with van der Waals surface area (Å²) in [4.78, 5) is 11.0. The molecule has 1 aromatic heterocycles. The molecule has 0 aliphatic heterocycles. The van der Waals surface area contributed by atoms with Crippen molar-refractivity contribution in [3.05, 3.63) is 29.5 Å². The van der Waals surface area contributed by atoms with E-state index in [9.17, 15) is 4.79 Å². The molecule has 90 valence electrons. The van der Waals surface area contributed by atoms with E-state index in [4.69, 9.17) is 5.11 Å². The maximum absolute atomic E-state index is 11.0. The van der Waals surface area contributed by atoms with Crippen molar-refractivity contribution in [2.24, 2.45) is 13.0 Å². The number of hydrogen-bond donors (Lipinski definition) is 1. The minimum absolute atomic E-state index is 0.315. The highest BCUT2D eigenvalue weighted by Crippen LogP contribution is 2.22. The van der Waals surface area contributed by atoms with Gasteiger partial charge in [0.25, 0.3) is 0 Å². The molecule has 0 saturated heterocycles. The summed E-state index contributed by atoms with van der Waals surface area (Å²) in [6.45, 7) is 4.25. The zero-order valence-corrected chi connectivity index (χ0v) is 10.3. The molecule has 4 nitrogen and oxygen atoms in total. The fourth-order valence-corrected chi connectivity index (χ4v) is 2.01. The van der Waals surface area contributed by atoms with Crippen LogP contribution in [-0.2, 0) is 13.5 Å². The number of aryl methyl sites for hydroxylation is 1. The fraction of sp³-hybridized carbons (Fsp3) is 0.385. The third-order valence-electron chi connectivity index (χ3n) is 2.78. The van der Waals surface area contributed by atoms with Gasteiger partial charge in [0.15, 0.2) is 0 Å². The molecule has 1 N–H and O–H groups in total. The number of rotatable bonds is 3. The highest BCUT2D eigenvalue weighted by Gasteiger charge is 2.12. The van der Waals surface area contributed by atoms with Crippen LogP contribution in [0.2, 0.25) is 0 Å². The molecule has 4 heteroatoms. The van der Waals surface area contributed by atoms with Gasteiger partial charge in [-0.2, -0.15) is 5.10 Å². The summed E-state index contributed by atoms with van der Waals surface area (Å²) < 4.78 is 1.80. The van der Waals surface area contributed by atoms with Crippen LogP contribution in [0.1, 0.15) is 29.9 Å². The molecule has 0 atom stereocenters. The van der Waals surface area contributed by atoms with Crippen LogP contribution in [0.5, 0.6) is 0 Å². The van der Waals surface area contributed by atoms with Crippen molar-refractivity contribution in [1.29, 1.82) is 0 Å². The van der Waals surface area contributed by atoms with Crippen LogP contribution in [0.4, 0.5) is 0 Å². The molecule has 1 heterocycles. The molecule has 0 saturated carbocycles. The van der Waals surface area contributed by atoms with Gasteiger partial charge in [-0.25, -0.2) is 4.79 Å². The highest BCUT2D eigenvalue weighted by atomic mass is 16.4. The molecule has 0 fully saturated rings. The first-order chi connectivity index (χ1) is 7.99. The standard InChI is InChI=1S/C13H16N2O2/c1-8(2)6-11-10-7-9(13(16)17)4-5-12(10)15(3)14-11/h4-5,7-8H,6H2,1-3H3,(H,16,17). The summed E-state index contributed by atoms with van der Waals surface area (Å²) in [5.41, 5.74) is 2.27. The number of aromatic carboxylic acids is 1. The van der Waals surface area contributed by atoms with E-state index in [1.165, 1.54) is 0 Å². The monoisotopic (exact) mass is 232 g/mol. The van der Waals surface area contributed by atoms with Crippen molar-refractivity contribution in [3.8, 4) is 0 Å². The van der Waals surface area contributed by atoms with Crippen molar-refractivity contribution in [1.82, 2.24) is 9.78 Å². The van der Waals surface area contributed by atoms with Crippen molar-refractivity contribution in [2.75, 3.05) is 0 Å². The maximum atomic E-state index is 11.0. The smallest absolute Gasteiger partial charge is 0.335 e. The predicted octanol–water partition coefficient (Wildman–Crippen LogP) is 2.47. The van der Waals surface area contributed by atoms with Gasteiger partial charge in [-0.15, -0.1) is 0 Å². The number of carbonyl (C=O) groups is 1. The van der Waals surface area contributed by atoms with Crippen LogP contribution >= 0.6 is 0 Å². The molecule has 2 rings (SSSR count). The molecule has 0 radical (unpaired) electrons. The van der Waals surface area contributed by atoms with Crippen LogP contribution < -0.4 is 0 Å². The molecule has 1 aromatic carbocycles. The first-order valence-electron chi connectivity index (χ1n) is 5.68. The maximum Gasteiger partial charge on any atom is 0.335 e. The largest absolute Gasteiger partial charge is 0.478 e. The second-order valence-electron chi connectivity index (χ2n) is 4.71. The van der Waals surface area contributed by atoms with Gasteiger partial charge in [-0.05, 0) is 30.5 Å². The van der Waals surface area contributed by atoms with E-state index in [2.05, 4.69) is 18.9 Å². The lowest BCUT2D eigenvalue weighted by Gasteiger charge is -2.01. The SMILES string of the molecule is CC(C)Cc1nn(C)c2ccc(C(=O)O)cc12. The Morgan fingerprint density at radius 2 is 2.18 bits per heavy atom. The van der Waals surface area contributed by atoms with E-state index in [-0.39, 0.29) is 0 Å². The fourth-order valence-electron chi connectivity index (χ4n) is 2.01. The Labute approximate surface area is 99.9 Å². The average Bonchev–Trinajstić information content (AvgIpc) is 2.54. The van der Waals surface area contributed by atoms with Gasteiger partial charge < -0.3 is 5.11 Å². The number of benzene rings is 1. The second kappa shape index (κ2) is 4.20. The Balaban J connectivity index is 2.60. The van der Waals surface area contributed by atoms with Crippen molar-refractivity contribution >= 4 is 16.9 Å². The third-order valence-corrected chi connectivity index (χ3v) is 2.78. The lowest BCUT2D eigenvalue weighted by molar-refractivity contribution is 0.0697. The summed E-state index contributed by atoms with van der Waals surface area (Å²) in [6, 6.07) is 5.14. The number of fused-ring (bicyclic) bond motifs is 1. The molecule has 0 bridgehead atoms. The summed E-state index contributed by atoms with van der Waals surface area (Å²) in [5.74, 6) is -0.396. The topological polar surface area (TPSA) is 55.1 Å². The lowest BCUT2D eigenvalue weighted by atomic mass is 10.0. The number of aromatic nitrogens is 2.